The first-order valence-corrected chi connectivity index (χ1v) is 5.33. The van der Waals surface area contributed by atoms with Crippen LogP contribution in [0.2, 0.25) is 0 Å². The molecule has 0 heterocycles. The van der Waals surface area contributed by atoms with E-state index in [1.807, 2.05) is 24.3 Å². The molecule has 0 radical (unpaired) electrons. The van der Waals surface area contributed by atoms with Gasteiger partial charge < -0.3 is 5.11 Å². The molecule has 1 rings (SSSR count). The van der Waals surface area contributed by atoms with Gasteiger partial charge in [0.25, 0.3) is 0 Å². The molecule has 0 amide bonds. The summed E-state index contributed by atoms with van der Waals surface area (Å²) in [6.45, 7) is 8.06. The average molecular weight is 242 g/mol. The Hall–Kier alpha value is -0.570. The van der Waals surface area contributed by atoms with E-state index in [1.165, 1.54) is 5.56 Å². The van der Waals surface area contributed by atoms with Crippen molar-refractivity contribution in [2.24, 2.45) is 0 Å². The summed E-state index contributed by atoms with van der Waals surface area (Å²) < 4.78 is 0. The molecule has 17 heavy (non-hydrogen) atoms. The monoisotopic (exact) mass is 242 g/mol. The van der Waals surface area contributed by atoms with Gasteiger partial charge in [-0.15, -0.1) is 0 Å². The van der Waals surface area contributed by atoms with Gasteiger partial charge in [0.1, 0.15) is 0 Å². The Bertz CT molecular complexity index is 411. The van der Waals surface area contributed by atoms with Crippen LogP contribution in [0, 0.1) is 0 Å². The fourth-order valence-electron chi connectivity index (χ4n) is 1.39. The Morgan fingerprint density at radius 1 is 1.18 bits per heavy atom. The van der Waals surface area contributed by atoms with Crippen molar-refractivity contribution < 1.29 is 9.90 Å². The van der Waals surface area contributed by atoms with E-state index >= 15 is 0 Å². The third kappa shape index (κ3) is 5.07. The van der Waals surface area contributed by atoms with E-state index in [9.17, 15) is 4.79 Å². The SMILES string of the molecule is C/C(=C\c1ccc(C(C)(C)C)cc1)C(=O)O.[NaH]. The number of aliphatic carboxylic acids is 1. The molecule has 0 aromatic heterocycles. The van der Waals surface area contributed by atoms with Crippen molar-refractivity contribution in [3.05, 3.63) is 41.0 Å². The van der Waals surface area contributed by atoms with Crippen LogP contribution in [-0.4, -0.2) is 40.6 Å². The molecule has 0 aliphatic rings. The second-order valence-corrected chi connectivity index (χ2v) is 5.00. The predicted molar refractivity (Wildman–Crippen MR) is 73.6 cm³/mol. The number of carboxylic acid groups (broad SMARTS) is 1. The summed E-state index contributed by atoms with van der Waals surface area (Å²) in [5.41, 5.74) is 2.65. The molecule has 0 bridgehead atoms. The van der Waals surface area contributed by atoms with Crippen LogP contribution >= 0.6 is 0 Å². The number of hydrogen-bond acceptors (Lipinski definition) is 1. The topological polar surface area (TPSA) is 37.3 Å². The van der Waals surface area contributed by atoms with E-state index in [0.717, 1.165) is 5.56 Å². The predicted octanol–water partition coefficient (Wildman–Crippen LogP) is 2.82. The van der Waals surface area contributed by atoms with Crippen molar-refractivity contribution in [3.8, 4) is 0 Å². The van der Waals surface area contributed by atoms with Gasteiger partial charge >= 0.3 is 35.5 Å². The van der Waals surface area contributed by atoms with Gasteiger partial charge in [0.2, 0.25) is 0 Å². The Labute approximate surface area is 125 Å². The zero-order valence-electron chi connectivity index (χ0n) is 10.2. The summed E-state index contributed by atoms with van der Waals surface area (Å²) in [6, 6.07) is 7.99. The third-order valence-corrected chi connectivity index (χ3v) is 2.50. The number of hydrogen-bond donors (Lipinski definition) is 1. The molecule has 1 aromatic rings. The van der Waals surface area contributed by atoms with Gasteiger partial charge in [-0.3, -0.25) is 0 Å². The second kappa shape index (κ2) is 6.39. The van der Waals surface area contributed by atoms with Crippen LogP contribution in [0.5, 0.6) is 0 Å². The molecule has 0 aliphatic heterocycles. The van der Waals surface area contributed by atoms with Crippen LogP contribution in [0.25, 0.3) is 6.08 Å². The molecule has 88 valence electrons. The molecule has 0 fully saturated rings. The molecule has 0 unspecified atom stereocenters. The summed E-state index contributed by atoms with van der Waals surface area (Å²) in [5.74, 6) is -0.875. The quantitative estimate of drug-likeness (QED) is 0.639. The van der Waals surface area contributed by atoms with Crippen molar-refractivity contribution in [1.82, 2.24) is 0 Å². The molecule has 0 aliphatic carbocycles. The minimum atomic E-state index is -0.875. The molecular weight excluding hydrogens is 223 g/mol. The maximum atomic E-state index is 10.7. The molecular formula is C14H19NaO2. The van der Waals surface area contributed by atoms with Crippen LogP contribution in [0.15, 0.2) is 29.8 Å². The Morgan fingerprint density at radius 2 is 1.65 bits per heavy atom. The van der Waals surface area contributed by atoms with Gasteiger partial charge in [0.15, 0.2) is 0 Å². The van der Waals surface area contributed by atoms with Gasteiger partial charge in [0, 0.05) is 5.57 Å². The van der Waals surface area contributed by atoms with Gasteiger partial charge in [0.05, 0.1) is 0 Å². The van der Waals surface area contributed by atoms with Gasteiger partial charge in [-0.1, -0.05) is 45.0 Å². The van der Waals surface area contributed by atoms with E-state index in [2.05, 4.69) is 20.8 Å². The van der Waals surface area contributed by atoms with Crippen molar-refractivity contribution in [2.45, 2.75) is 33.1 Å². The van der Waals surface area contributed by atoms with E-state index < -0.39 is 5.97 Å². The van der Waals surface area contributed by atoms with Gasteiger partial charge in [-0.2, -0.15) is 0 Å². The molecule has 3 heteroatoms. The maximum absolute atomic E-state index is 10.7. The first kappa shape index (κ1) is 16.4. The van der Waals surface area contributed by atoms with E-state index in [1.54, 1.807) is 13.0 Å². The van der Waals surface area contributed by atoms with Gasteiger partial charge in [-0.25, -0.2) is 4.79 Å². The standard InChI is InChI=1S/C14H18O2.Na.H/c1-10(13(15)16)9-11-5-7-12(8-6-11)14(2,3)4;;/h5-9H,1-4H3,(H,15,16);;/b10-9+;;. The zero-order chi connectivity index (χ0) is 12.3. The molecule has 0 saturated heterocycles. The summed E-state index contributed by atoms with van der Waals surface area (Å²) in [4.78, 5) is 10.7. The van der Waals surface area contributed by atoms with Crippen molar-refractivity contribution in [1.29, 1.82) is 0 Å². The second-order valence-electron chi connectivity index (χ2n) is 5.00. The number of rotatable bonds is 2. The van der Waals surface area contributed by atoms with Crippen LogP contribution < -0.4 is 0 Å². The summed E-state index contributed by atoms with van der Waals surface area (Å²) in [6.07, 6.45) is 1.68. The molecule has 0 spiro atoms. The number of benzene rings is 1. The van der Waals surface area contributed by atoms with Crippen molar-refractivity contribution >= 4 is 41.6 Å². The van der Waals surface area contributed by atoms with Crippen LogP contribution in [-0.2, 0) is 10.2 Å². The average Bonchev–Trinajstić information content (AvgIpc) is 2.17. The molecule has 2 nitrogen and oxygen atoms in total. The third-order valence-electron chi connectivity index (χ3n) is 2.50. The molecule has 0 atom stereocenters. The van der Waals surface area contributed by atoms with Gasteiger partial charge in [-0.05, 0) is 29.5 Å². The first-order valence-electron chi connectivity index (χ1n) is 5.33. The number of carboxylic acids is 1. The fraction of sp³-hybridized carbons (Fsp3) is 0.357. The Morgan fingerprint density at radius 3 is 2.00 bits per heavy atom. The van der Waals surface area contributed by atoms with Crippen LogP contribution in [0.4, 0.5) is 0 Å². The normalized spacial score (nSPS) is 11.9. The zero-order valence-corrected chi connectivity index (χ0v) is 10.2. The summed E-state index contributed by atoms with van der Waals surface area (Å²) >= 11 is 0. The van der Waals surface area contributed by atoms with Crippen molar-refractivity contribution in [2.75, 3.05) is 0 Å². The summed E-state index contributed by atoms with van der Waals surface area (Å²) in [7, 11) is 0. The van der Waals surface area contributed by atoms with E-state index in [0.29, 0.717) is 5.57 Å². The van der Waals surface area contributed by atoms with E-state index in [-0.39, 0.29) is 35.0 Å². The van der Waals surface area contributed by atoms with Crippen LogP contribution in [0.1, 0.15) is 38.8 Å². The fourth-order valence-corrected chi connectivity index (χ4v) is 1.39. The summed E-state index contributed by atoms with van der Waals surface area (Å²) in [5, 5.41) is 8.76. The van der Waals surface area contributed by atoms with Crippen molar-refractivity contribution in [3.63, 3.8) is 0 Å². The minimum absolute atomic E-state index is 0. The van der Waals surface area contributed by atoms with Crippen LogP contribution in [0.3, 0.4) is 0 Å². The molecule has 1 N–H and O–H groups in total. The number of carbonyl (C=O) groups is 1. The van der Waals surface area contributed by atoms with E-state index in [4.69, 9.17) is 5.11 Å². The molecule has 1 aromatic carbocycles. The first-order chi connectivity index (χ1) is 7.30. The Balaban J connectivity index is 0.00000256. The Kier molecular flexibility index (Phi) is 6.17. The molecule has 0 saturated carbocycles.